The fourth-order valence-electron chi connectivity index (χ4n) is 10.5. The third-order valence-electron chi connectivity index (χ3n) is 14.0. The van der Waals surface area contributed by atoms with Gasteiger partial charge in [-0.2, -0.15) is 0 Å². The molecule has 1 atom stereocenters. The van der Waals surface area contributed by atoms with Crippen molar-refractivity contribution in [1.82, 2.24) is 4.57 Å². The summed E-state index contributed by atoms with van der Waals surface area (Å²) in [5, 5.41) is 10.9. The molecule has 0 aliphatic heterocycles. The number of para-hydroxylation sites is 1. The summed E-state index contributed by atoms with van der Waals surface area (Å²) in [4.78, 5) is 2.39. The maximum atomic E-state index is 4.04. The zero-order chi connectivity index (χ0) is 50.4. The summed E-state index contributed by atoms with van der Waals surface area (Å²) in [7, 11) is 0. The molecule has 12 aromatic rings. The van der Waals surface area contributed by atoms with Crippen molar-refractivity contribution < 1.29 is 0 Å². The van der Waals surface area contributed by atoms with Gasteiger partial charge in [-0.05, 0) is 139 Å². The van der Waals surface area contributed by atoms with Gasteiger partial charge in [-0.25, -0.2) is 0 Å². The second kappa shape index (κ2) is 21.1. The number of allylic oxidation sites excluding steroid dienone is 4. The maximum Gasteiger partial charge on any atom is 0.0564 e. The number of benzene rings is 11. The van der Waals surface area contributed by atoms with Crippen molar-refractivity contribution in [2.24, 2.45) is 5.92 Å². The highest BCUT2D eigenvalue weighted by Crippen LogP contribution is 2.49. The summed E-state index contributed by atoms with van der Waals surface area (Å²) in [6.07, 6.45) is 11.1. The minimum atomic E-state index is -0.0333. The standard InChI is InChI=1S/C68H48N2.C4H8/c1-3-20-47(4-2)35-36-51-46-69(65-43-37-50(45-64(51)65)48-21-7-5-8-22-48)52-38-40-54(41-39-52)70(53-25-9-6-10-26-53)66-44-42-63(56-28-13-14-29-57(56)66)68-61-32-17-15-30-59(61)67(60-31-16-18-33-62(60)68)58-34-19-24-49-23-11-12-27-55(49)58;1-3-4-2/h3-34,37-47H,2H2,1H3;3H,1,4H2,2H3/b20-3-;. The molecule has 1 unspecified atom stereocenters. The maximum absolute atomic E-state index is 4.04. The first-order chi connectivity index (χ1) is 36.6. The van der Waals surface area contributed by atoms with E-state index in [1.54, 1.807) is 0 Å². The fourth-order valence-corrected chi connectivity index (χ4v) is 10.5. The van der Waals surface area contributed by atoms with Gasteiger partial charge in [0.25, 0.3) is 0 Å². The van der Waals surface area contributed by atoms with Crippen molar-refractivity contribution in [1.29, 1.82) is 0 Å². The Morgan fingerprint density at radius 3 is 1.66 bits per heavy atom. The third kappa shape index (κ3) is 8.87. The first kappa shape index (κ1) is 46.9. The lowest BCUT2D eigenvalue weighted by Crippen LogP contribution is -2.10. The Morgan fingerprint density at radius 2 is 1.04 bits per heavy atom. The Labute approximate surface area is 435 Å². The van der Waals surface area contributed by atoms with Crippen LogP contribution >= 0.6 is 0 Å². The molecule has 0 fully saturated rings. The zero-order valence-corrected chi connectivity index (χ0v) is 41.9. The first-order valence-corrected chi connectivity index (χ1v) is 25.6. The minimum Gasteiger partial charge on any atom is -0.315 e. The second-order valence-electron chi connectivity index (χ2n) is 18.5. The molecule has 11 aromatic carbocycles. The van der Waals surface area contributed by atoms with Gasteiger partial charge in [0.1, 0.15) is 0 Å². The van der Waals surface area contributed by atoms with Gasteiger partial charge in [-0.3, -0.25) is 0 Å². The van der Waals surface area contributed by atoms with Crippen molar-refractivity contribution in [3.63, 3.8) is 0 Å². The molecule has 0 saturated carbocycles. The number of hydrogen-bond donors (Lipinski definition) is 0. The molecule has 0 aliphatic rings. The normalized spacial score (nSPS) is 11.6. The monoisotopic (exact) mass is 948 g/mol. The van der Waals surface area contributed by atoms with E-state index in [-0.39, 0.29) is 5.92 Å². The van der Waals surface area contributed by atoms with E-state index < -0.39 is 0 Å². The van der Waals surface area contributed by atoms with Crippen LogP contribution in [0.5, 0.6) is 0 Å². The zero-order valence-electron chi connectivity index (χ0n) is 41.9. The molecule has 0 saturated heterocycles. The molecule has 2 heteroatoms. The van der Waals surface area contributed by atoms with Gasteiger partial charge in [-0.1, -0.05) is 219 Å². The van der Waals surface area contributed by atoms with Gasteiger partial charge in [-0.15, -0.1) is 13.2 Å². The minimum absolute atomic E-state index is 0.0333. The smallest absolute Gasteiger partial charge is 0.0564 e. The van der Waals surface area contributed by atoms with Gasteiger partial charge >= 0.3 is 0 Å². The summed E-state index contributed by atoms with van der Waals surface area (Å²) in [5.41, 5.74) is 13.7. The molecule has 0 N–H and O–H groups in total. The molecule has 1 heterocycles. The van der Waals surface area contributed by atoms with E-state index in [1.807, 2.05) is 25.2 Å². The van der Waals surface area contributed by atoms with Crippen molar-refractivity contribution in [2.75, 3.05) is 4.90 Å². The number of anilines is 3. The molecule has 74 heavy (non-hydrogen) atoms. The lowest BCUT2D eigenvalue weighted by atomic mass is 9.83. The molecule has 0 aliphatic carbocycles. The van der Waals surface area contributed by atoms with Crippen LogP contribution in [0.2, 0.25) is 0 Å². The number of aromatic nitrogens is 1. The summed E-state index contributed by atoms with van der Waals surface area (Å²) >= 11 is 0. The Hall–Kier alpha value is -9.42. The highest BCUT2D eigenvalue weighted by Gasteiger charge is 2.22. The van der Waals surface area contributed by atoms with Gasteiger partial charge in [0.05, 0.1) is 22.7 Å². The van der Waals surface area contributed by atoms with E-state index in [9.17, 15) is 0 Å². The molecule has 0 radical (unpaired) electrons. The number of fused-ring (bicyclic) bond motifs is 5. The Balaban J connectivity index is 0.00000142. The van der Waals surface area contributed by atoms with E-state index in [1.165, 1.54) is 70.9 Å². The van der Waals surface area contributed by atoms with Crippen molar-refractivity contribution in [3.8, 4) is 50.9 Å². The average Bonchev–Trinajstić information content (AvgIpc) is 3.84. The highest BCUT2D eigenvalue weighted by molar-refractivity contribution is 6.25. The highest BCUT2D eigenvalue weighted by atomic mass is 15.1. The molecular weight excluding hydrogens is 893 g/mol. The quantitative estimate of drug-likeness (QED) is 0.0753. The number of nitrogens with zero attached hydrogens (tertiary/aromatic N) is 2. The van der Waals surface area contributed by atoms with Gasteiger partial charge in [0, 0.05) is 34.0 Å². The van der Waals surface area contributed by atoms with Crippen LogP contribution in [-0.2, 0) is 0 Å². The van der Waals surface area contributed by atoms with Crippen molar-refractivity contribution in [2.45, 2.75) is 20.3 Å². The van der Waals surface area contributed by atoms with Crippen LogP contribution in [0.1, 0.15) is 25.8 Å². The van der Waals surface area contributed by atoms with Crippen LogP contribution in [0.15, 0.2) is 274 Å². The van der Waals surface area contributed by atoms with Crippen LogP contribution < -0.4 is 4.90 Å². The summed E-state index contributed by atoms with van der Waals surface area (Å²) in [5.74, 6) is 6.95. The Kier molecular flexibility index (Phi) is 13.4. The fraction of sp³-hybridized carbons (Fsp3) is 0.0556. The lowest BCUT2D eigenvalue weighted by molar-refractivity contribution is 1.11. The summed E-state index contributed by atoms with van der Waals surface area (Å²) < 4.78 is 2.27. The predicted octanol–water partition coefficient (Wildman–Crippen LogP) is 20.0. The van der Waals surface area contributed by atoms with E-state index in [4.69, 9.17) is 0 Å². The van der Waals surface area contributed by atoms with Crippen LogP contribution in [0.25, 0.3) is 93.1 Å². The molecule has 0 bridgehead atoms. The van der Waals surface area contributed by atoms with E-state index in [0.29, 0.717) is 0 Å². The molecule has 0 spiro atoms. The topological polar surface area (TPSA) is 8.17 Å². The first-order valence-electron chi connectivity index (χ1n) is 25.6. The summed E-state index contributed by atoms with van der Waals surface area (Å²) in [6, 6.07) is 83.8. The van der Waals surface area contributed by atoms with Gasteiger partial charge < -0.3 is 9.47 Å². The van der Waals surface area contributed by atoms with E-state index in [2.05, 4.69) is 284 Å². The lowest BCUT2D eigenvalue weighted by Gasteiger charge is -2.28. The molecule has 12 rings (SSSR count). The third-order valence-corrected chi connectivity index (χ3v) is 14.0. The van der Waals surface area contributed by atoms with E-state index in [0.717, 1.165) is 51.2 Å². The van der Waals surface area contributed by atoms with Crippen LogP contribution in [0.3, 0.4) is 0 Å². The molecular formula is C72H56N2. The average molecular weight is 949 g/mol. The van der Waals surface area contributed by atoms with Crippen LogP contribution in [-0.4, -0.2) is 4.57 Å². The predicted molar refractivity (Wildman–Crippen MR) is 320 cm³/mol. The Bertz CT molecular complexity index is 4050. The molecule has 354 valence electrons. The number of hydrogen-bond acceptors (Lipinski definition) is 1. The number of rotatable bonds is 10. The second-order valence-corrected chi connectivity index (χ2v) is 18.5. The SMILES string of the molecule is C=CC(C#Cc1cn(-c2ccc(N(c3ccccc3)c3ccc(-c4c5ccccc5c(-c5cccc6ccccc56)c5ccccc45)c4ccccc34)cc2)c2ccc(-c3ccccc3)cc12)/C=C\C.C=CCC. The van der Waals surface area contributed by atoms with Crippen molar-refractivity contribution >= 4 is 71.1 Å². The molecule has 2 nitrogen and oxygen atoms in total. The van der Waals surface area contributed by atoms with E-state index >= 15 is 0 Å². The van der Waals surface area contributed by atoms with Gasteiger partial charge in [0.15, 0.2) is 0 Å². The van der Waals surface area contributed by atoms with Gasteiger partial charge in [0.2, 0.25) is 0 Å². The summed E-state index contributed by atoms with van der Waals surface area (Å²) in [6.45, 7) is 11.6. The van der Waals surface area contributed by atoms with Crippen LogP contribution in [0.4, 0.5) is 17.1 Å². The van der Waals surface area contributed by atoms with Crippen molar-refractivity contribution in [3.05, 3.63) is 280 Å². The Morgan fingerprint density at radius 1 is 0.500 bits per heavy atom. The largest absolute Gasteiger partial charge is 0.315 e. The molecule has 0 amide bonds. The molecule has 1 aromatic heterocycles. The van der Waals surface area contributed by atoms with Crippen LogP contribution in [0, 0.1) is 17.8 Å².